The first-order valence-corrected chi connectivity index (χ1v) is 6.68. The SMILES string of the molecule is CCCOCCCNc1nc(NC)cn2ccnc12. The lowest BCUT2D eigenvalue weighted by atomic mass is 10.4. The van der Waals surface area contributed by atoms with Crippen LogP contribution in [0.3, 0.4) is 0 Å². The van der Waals surface area contributed by atoms with Gasteiger partial charge >= 0.3 is 0 Å². The zero-order chi connectivity index (χ0) is 13.5. The van der Waals surface area contributed by atoms with E-state index >= 15 is 0 Å². The van der Waals surface area contributed by atoms with E-state index in [9.17, 15) is 0 Å². The largest absolute Gasteiger partial charge is 0.381 e. The molecule has 0 atom stereocenters. The maximum atomic E-state index is 5.44. The fraction of sp³-hybridized carbons (Fsp3) is 0.538. The molecule has 0 aliphatic rings. The van der Waals surface area contributed by atoms with Gasteiger partial charge in [0.15, 0.2) is 11.5 Å². The molecular formula is C13H21N5O. The van der Waals surface area contributed by atoms with E-state index in [0.717, 1.165) is 49.9 Å². The van der Waals surface area contributed by atoms with Gasteiger partial charge in [0.05, 0.1) is 6.20 Å². The van der Waals surface area contributed by atoms with Gasteiger partial charge in [0.2, 0.25) is 0 Å². The number of hydrogen-bond donors (Lipinski definition) is 2. The second-order valence-electron chi connectivity index (χ2n) is 4.28. The van der Waals surface area contributed by atoms with Crippen molar-refractivity contribution in [1.82, 2.24) is 14.4 Å². The van der Waals surface area contributed by atoms with Crippen LogP contribution >= 0.6 is 0 Å². The Balaban J connectivity index is 1.93. The summed E-state index contributed by atoms with van der Waals surface area (Å²) in [5, 5.41) is 6.35. The van der Waals surface area contributed by atoms with Crippen molar-refractivity contribution in [3.05, 3.63) is 18.6 Å². The van der Waals surface area contributed by atoms with Crippen LogP contribution in [0.2, 0.25) is 0 Å². The predicted molar refractivity (Wildman–Crippen MR) is 76.8 cm³/mol. The first-order valence-electron chi connectivity index (χ1n) is 6.68. The summed E-state index contributed by atoms with van der Waals surface area (Å²) in [6.45, 7) is 4.54. The number of nitrogens with one attached hydrogen (secondary N) is 2. The Morgan fingerprint density at radius 1 is 1.37 bits per heavy atom. The molecule has 0 aliphatic carbocycles. The summed E-state index contributed by atoms with van der Waals surface area (Å²) in [5.74, 6) is 1.61. The van der Waals surface area contributed by atoms with E-state index in [-0.39, 0.29) is 0 Å². The number of aromatic nitrogens is 3. The molecule has 0 aromatic carbocycles. The second-order valence-corrected chi connectivity index (χ2v) is 4.28. The molecule has 0 unspecified atom stereocenters. The number of anilines is 2. The molecule has 0 radical (unpaired) electrons. The first-order chi connectivity index (χ1) is 9.35. The summed E-state index contributed by atoms with van der Waals surface area (Å²) < 4.78 is 7.40. The molecule has 2 N–H and O–H groups in total. The lowest BCUT2D eigenvalue weighted by Crippen LogP contribution is -2.09. The van der Waals surface area contributed by atoms with Crippen LogP contribution in [0, 0.1) is 0 Å². The van der Waals surface area contributed by atoms with Crippen molar-refractivity contribution >= 4 is 17.3 Å². The molecule has 0 spiro atoms. The summed E-state index contributed by atoms with van der Waals surface area (Å²) in [7, 11) is 1.85. The Hall–Kier alpha value is -1.82. The molecule has 0 saturated heterocycles. The summed E-state index contributed by atoms with van der Waals surface area (Å²) in [6.07, 6.45) is 7.61. The summed E-state index contributed by atoms with van der Waals surface area (Å²) >= 11 is 0. The molecule has 2 aromatic heterocycles. The van der Waals surface area contributed by atoms with E-state index in [4.69, 9.17) is 4.74 Å². The van der Waals surface area contributed by atoms with E-state index < -0.39 is 0 Å². The van der Waals surface area contributed by atoms with Gasteiger partial charge in [-0.1, -0.05) is 6.92 Å². The summed E-state index contributed by atoms with van der Waals surface area (Å²) in [6, 6.07) is 0. The normalized spacial score (nSPS) is 10.8. The average molecular weight is 263 g/mol. The number of nitrogens with zero attached hydrogens (tertiary/aromatic N) is 3. The Labute approximate surface area is 113 Å². The molecule has 2 aromatic rings. The van der Waals surface area contributed by atoms with E-state index in [2.05, 4.69) is 27.5 Å². The Kier molecular flexibility index (Phi) is 4.97. The molecule has 0 aliphatic heterocycles. The van der Waals surface area contributed by atoms with Crippen LogP contribution in [0.5, 0.6) is 0 Å². The van der Waals surface area contributed by atoms with Crippen molar-refractivity contribution < 1.29 is 4.74 Å². The average Bonchev–Trinajstić information content (AvgIpc) is 2.90. The molecule has 0 saturated carbocycles. The third-order valence-electron chi connectivity index (χ3n) is 2.74. The maximum Gasteiger partial charge on any atom is 0.180 e. The molecule has 19 heavy (non-hydrogen) atoms. The molecule has 104 valence electrons. The van der Waals surface area contributed by atoms with Gasteiger partial charge < -0.3 is 19.8 Å². The third-order valence-corrected chi connectivity index (χ3v) is 2.74. The highest BCUT2D eigenvalue weighted by Crippen LogP contribution is 2.15. The number of rotatable bonds is 8. The first kappa shape index (κ1) is 13.6. The highest BCUT2D eigenvalue weighted by atomic mass is 16.5. The zero-order valence-corrected chi connectivity index (χ0v) is 11.5. The molecule has 2 rings (SSSR count). The molecule has 6 nitrogen and oxygen atoms in total. The smallest absolute Gasteiger partial charge is 0.180 e. The van der Waals surface area contributed by atoms with E-state index in [1.165, 1.54) is 0 Å². The topological polar surface area (TPSA) is 63.5 Å². The fourth-order valence-electron chi connectivity index (χ4n) is 1.80. The van der Waals surface area contributed by atoms with Crippen molar-refractivity contribution in [2.45, 2.75) is 19.8 Å². The van der Waals surface area contributed by atoms with E-state index in [1.807, 2.05) is 23.8 Å². The molecule has 2 heterocycles. The summed E-state index contributed by atoms with van der Waals surface area (Å²) in [5.41, 5.74) is 0.841. The zero-order valence-electron chi connectivity index (χ0n) is 11.5. The molecule has 6 heteroatoms. The Bertz CT molecular complexity index is 511. The minimum absolute atomic E-state index is 0.775. The predicted octanol–water partition coefficient (Wildman–Crippen LogP) is 2.00. The summed E-state index contributed by atoms with van der Waals surface area (Å²) in [4.78, 5) is 8.78. The number of imidazole rings is 1. The van der Waals surface area contributed by atoms with Gasteiger partial charge in [-0.15, -0.1) is 0 Å². The van der Waals surface area contributed by atoms with Crippen LogP contribution in [0.1, 0.15) is 19.8 Å². The van der Waals surface area contributed by atoms with Crippen LogP contribution in [-0.2, 0) is 4.74 Å². The van der Waals surface area contributed by atoms with Gasteiger partial charge in [-0.25, -0.2) is 9.97 Å². The van der Waals surface area contributed by atoms with Gasteiger partial charge in [0, 0.05) is 39.2 Å². The minimum Gasteiger partial charge on any atom is -0.381 e. The Morgan fingerprint density at radius 2 is 2.26 bits per heavy atom. The second kappa shape index (κ2) is 6.94. The standard InChI is InChI=1S/C13H21N5O/c1-3-8-19-9-4-5-15-12-13-16-6-7-18(13)10-11(14-2)17-12/h6-7,10,14H,3-5,8-9H2,1-2H3,(H,15,17). The van der Waals surface area contributed by atoms with E-state index in [0.29, 0.717) is 0 Å². The van der Waals surface area contributed by atoms with Gasteiger partial charge in [0.1, 0.15) is 5.82 Å². The molecule has 0 amide bonds. The van der Waals surface area contributed by atoms with Crippen molar-refractivity contribution in [3.63, 3.8) is 0 Å². The van der Waals surface area contributed by atoms with Crippen LogP contribution in [0.4, 0.5) is 11.6 Å². The molecular weight excluding hydrogens is 242 g/mol. The van der Waals surface area contributed by atoms with Crippen molar-refractivity contribution in [2.75, 3.05) is 37.4 Å². The van der Waals surface area contributed by atoms with E-state index in [1.54, 1.807) is 6.20 Å². The van der Waals surface area contributed by atoms with Gasteiger partial charge in [-0.2, -0.15) is 0 Å². The Morgan fingerprint density at radius 3 is 3.05 bits per heavy atom. The van der Waals surface area contributed by atoms with Crippen LogP contribution < -0.4 is 10.6 Å². The quantitative estimate of drug-likeness (QED) is 0.713. The highest BCUT2D eigenvalue weighted by molar-refractivity contribution is 5.65. The molecule has 0 bridgehead atoms. The number of ether oxygens (including phenoxy) is 1. The van der Waals surface area contributed by atoms with Crippen molar-refractivity contribution in [2.24, 2.45) is 0 Å². The maximum absolute atomic E-state index is 5.44. The van der Waals surface area contributed by atoms with Gasteiger partial charge in [0.25, 0.3) is 0 Å². The third kappa shape index (κ3) is 3.57. The van der Waals surface area contributed by atoms with Crippen molar-refractivity contribution in [1.29, 1.82) is 0 Å². The lowest BCUT2D eigenvalue weighted by molar-refractivity contribution is 0.134. The van der Waals surface area contributed by atoms with Crippen LogP contribution in [0.25, 0.3) is 5.65 Å². The fourth-order valence-corrected chi connectivity index (χ4v) is 1.80. The van der Waals surface area contributed by atoms with Gasteiger partial charge in [-0.05, 0) is 12.8 Å². The minimum atomic E-state index is 0.775. The van der Waals surface area contributed by atoms with Crippen LogP contribution in [-0.4, -0.2) is 41.2 Å². The van der Waals surface area contributed by atoms with Crippen molar-refractivity contribution in [3.8, 4) is 0 Å². The van der Waals surface area contributed by atoms with Crippen LogP contribution in [0.15, 0.2) is 18.6 Å². The number of fused-ring (bicyclic) bond motifs is 1. The highest BCUT2D eigenvalue weighted by Gasteiger charge is 2.05. The monoisotopic (exact) mass is 263 g/mol. The number of hydrogen-bond acceptors (Lipinski definition) is 5. The van der Waals surface area contributed by atoms with Gasteiger partial charge in [-0.3, -0.25) is 0 Å². The lowest BCUT2D eigenvalue weighted by Gasteiger charge is -2.09. The molecule has 0 fully saturated rings.